The van der Waals surface area contributed by atoms with E-state index in [9.17, 15) is 4.79 Å². The van der Waals surface area contributed by atoms with E-state index in [0.717, 1.165) is 5.75 Å². The summed E-state index contributed by atoms with van der Waals surface area (Å²) in [5.41, 5.74) is 1.18. The Hall–Kier alpha value is -1.48. The van der Waals surface area contributed by atoms with Gasteiger partial charge in [-0.3, -0.25) is 4.79 Å². The van der Waals surface area contributed by atoms with Gasteiger partial charge >= 0.3 is 0 Å². The van der Waals surface area contributed by atoms with Crippen molar-refractivity contribution in [3.05, 3.63) is 48.0 Å². The number of hydrogen-bond acceptors (Lipinski definition) is 2. The van der Waals surface area contributed by atoms with Gasteiger partial charge in [0.25, 0.3) is 0 Å². The molecule has 2 aromatic rings. The van der Waals surface area contributed by atoms with Crippen molar-refractivity contribution in [2.75, 3.05) is 12.0 Å². The lowest BCUT2D eigenvalue weighted by Gasteiger charge is -2.16. The molecule has 0 aliphatic carbocycles. The monoisotopic (exact) mass is 273 g/mol. The van der Waals surface area contributed by atoms with Crippen LogP contribution in [0, 0.1) is 0 Å². The number of benzene rings is 2. The number of hydrogen-bond donors (Lipinski definition) is 1. The van der Waals surface area contributed by atoms with Crippen molar-refractivity contribution >= 4 is 28.4 Å². The van der Waals surface area contributed by atoms with Gasteiger partial charge in [0.1, 0.15) is 0 Å². The van der Waals surface area contributed by atoms with E-state index in [2.05, 4.69) is 29.6 Å². The van der Waals surface area contributed by atoms with E-state index >= 15 is 0 Å². The van der Waals surface area contributed by atoms with Gasteiger partial charge in [-0.2, -0.15) is 11.8 Å². The maximum atomic E-state index is 11.8. The van der Waals surface area contributed by atoms with E-state index in [0.29, 0.717) is 6.42 Å². The molecule has 1 unspecified atom stereocenters. The molecule has 0 fully saturated rings. The molecule has 19 heavy (non-hydrogen) atoms. The van der Waals surface area contributed by atoms with E-state index in [-0.39, 0.29) is 11.9 Å². The van der Waals surface area contributed by atoms with E-state index < -0.39 is 0 Å². The number of thioether (sulfide) groups is 1. The van der Waals surface area contributed by atoms with Crippen LogP contribution in [0.2, 0.25) is 0 Å². The summed E-state index contributed by atoms with van der Waals surface area (Å²) in [6.45, 7) is 2.04. The van der Waals surface area contributed by atoms with Gasteiger partial charge in [-0.1, -0.05) is 42.5 Å². The van der Waals surface area contributed by atoms with Crippen LogP contribution in [0.5, 0.6) is 0 Å². The third-order valence-electron chi connectivity index (χ3n) is 3.20. The lowest BCUT2D eigenvalue weighted by molar-refractivity contribution is -0.121. The minimum absolute atomic E-state index is 0.0421. The molecule has 0 saturated carbocycles. The standard InChI is InChI=1S/C16H19NOS/c1-12(17-16(18)10-11-19-2)14-9-5-7-13-6-3-4-8-15(13)14/h3-9,12H,10-11H2,1-2H3,(H,17,18). The molecule has 2 aromatic carbocycles. The van der Waals surface area contributed by atoms with Crippen LogP contribution in [0.3, 0.4) is 0 Å². The van der Waals surface area contributed by atoms with Crippen LogP contribution < -0.4 is 5.32 Å². The molecular weight excluding hydrogens is 254 g/mol. The maximum Gasteiger partial charge on any atom is 0.221 e. The predicted octanol–water partition coefficient (Wildman–Crippen LogP) is 3.77. The molecule has 0 aliphatic heterocycles. The molecule has 2 rings (SSSR count). The highest BCUT2D eigenvalue weighted by Crippen LogP contribution is 2.24. The summed E-state index contributed by atoms with van der Waals surface area (Å²) in [4.78, 5) is 11.8. The Morgan fingerprint density at radius 1 is 1.21 bits per heavy atom. The van der Waals surface area contributed by atoms with Gasteiger partial charge in [0.15, 0.2) is 0 Å². The Balaban J connectivity index is 2.17. The maximum absolute atomic E-state index is 11.8. The Bertz CT molecular complexity index is 562. The van der Waals surface area contributed by atoms with Crippen LogP contribution in [-0.2, 0) is 4.79 Å². The Kier molecular flexibility index (Phi) is 4.86. The first-order chi connectivity index (χ1) is 9.22. The van der Waals surface area contributed by atoms with Crippen LogP contribution in [0.1, 0.15) is 24.9 Å². The van der Waals surface area contributed by atoms with Gasteiger partial charge in [0.2, 0.25) is 5.91 Å². The number of amides is 1. The van der Waals surface area contributed by atoms with Crippen molar-refractivity contribution in [3.8, 4) is 0 Å². The fourth-order valence-electron chi connectivity index (χ4n) is 2.21. The molecule has 0 spiro atoms. The highest BCUT2D eigenvalue weighted by atomic mass is 32.2. The van der Waals surface area contributed by atoms with Crippen LogP contribution in [0.4, 0.5) is 0 Å². The summed E-state index contributed by atoms with van der Waals surface area (Å²) in [7, 11) is 0. The molecule has 1 atom stereocenters. The summed E-state index contributed by atoms with van der Waals surface area (Å²) in [6.07, 6.45) is 2.59. The van der Waals surface area contributed by atoms with Gasteiger partial charge in [0, 0.05) is 12.2 Å². The van der Waals surface area contributed by atoms with E-state index in [4.69, 9.17) is 0 Å². The molecule has 0 bridgehead atoms. The summed E-state index contributed by atoms with van der Waals surface area (Å²) in [6, 6.07) is 14.5. The summed E-state index contributed by atoms with van der Waals surface area (Å²) < 4.78 is 0. The van der Waals surface area contributed by atoms with Gasteiger partial charge in [-0.05, 0) is 29.5 Å². The minimum Gasteiger partial charge on any atom is -0.350 e. The second kappa shape index (κ2) is 6.62. The van der Waals surface area contributed by atoms with Gasteiger partial charge in [0.05, 0.1) is 6.04 Å². The minimum atomic E-state index is 0.0421. The second-order valence-corrected chi connectivity index (χ2v) is 5.59. The molecule has 0 aliphatic rings. The van der Waals surface area contributed by atoms with E-state index in [1.54, 1.807) is 11.8 Å². The highest BCUT2D eigenvalue weighted by Gasteiger charge is 2.11. The Labute approximate surface area is 118 Å². The zero-order valence-corrected chi connectivity index (χ0v) is 12.2. The highest BCUT2D eigenvalue weighted by molar-refractivity contribution is 7.98. The molecule has 0 heterocycles. The predicted molar refractivity (Wildman–Crippen MR) is 83.5 cm³/mol. The van der Waals surface area contributed by atoms with E-state index in [1.807, 2.05) is 31.4 Å². The van der Waals surface area contributed by atoms with Crippen molar-refractivity contribution in [2.24, 2.45) is 0 Å². The topological polar surface area (TPSA) is 29.1 Å². The molecule has 3 heteroatoms. The molecule has 1 N–H and O–H groups in total. The van der Waals surface area contributed by atoms with Crippen molar-refractivity contribution in [1.82, 2.24) is 5.32 Å². The first-order valence-electron chi connectivity index (χ1n) is 6.48. The van der Waals surface area contributed by atoms with Gasteiger partial charge < -0.3 is 5.32 Å². The van der Waals surface area contributed by atoms with Crippen LogP contribution in [-0.4, -0.2) is 17.9 Å². The third kappa shape index (κ3) is 3.51. The fraction of sp³-hybridized carbons (Fsp3) is 0.312. The van der Waals surface area contributed by atoms with Gasteiger partial charge in [-0.15, -0.1) is 0 Å². The number of nitrogens with one attached hydrogen (secondary N) is 1. The zero-order valence-electron chi connectivity index (χ0n) is 11.3. The van der Waals surface area contributed by atoms with Crippen molar-refractivity contribution in [3.63, 3.8) is 0 Å². The van der Waals surface area contributed by atoms with Crippen molar-refractivity contribution in [2.45, 2.75) is 19.4 Å². The molecular formula is C16H19NOS. The molecule has 100 valence electrons. The van der Waals surface area contributed by atoms with Crippen LogP contribution in [0.15, 0.2) is 42.5 Å². The van der Waals surface area contributed by atoms with Crippen molar-refractivity contribution < 1.29 is 4.79 Å². The quantitative estimate of drug-likeness (QED) is 0.898. The first kappa shape index (κ1) is 13.9. The van der Waals surface area contributed by atoms with Crippen molar-refractivity contribution in [1.29, 1.82) is 0 Å². The lowest BCUT2D eigenvalue weighted by atomic mass is 9.99. The lowest BCUT2D eigenvalue weighted by Crippen LogP contribution is -2.26. The number of carbonyl (C=O) groups is 1. The van der Waals surface area contributed by atoms with Crippen LogP contribution in [0.25, 0.3) is 10.8 Å². The molecule has 0 saturated heterocycles. The average molecular weight is 273 g/mol. The summed E-state index contributed by atoms with van der Waals surface area (Å²) in [5.74, 6) is 0.989. The smallest absolute Gasteiger partial charge is 0.221 e. The number of rotatable bonds is 5. The molecule has 1 amide bonds. The van der Waals surface area contributed by atoms with Gasteiger partial charge in [-0.25, -0.2) is 0 Å². The largest absolute Gasteiger partial charge is 0.350 e. The fourth-order valence-corrected chi connectivity index (χ4v) is 2.60. The number of fused-ring (bicyclic) bond motifs is 1. The molecule has 0 aromatic heterocycles. The normalized spacial score (nSPS) is 12.3. The number of carbonyl (C=O) groups excluding carboxylic acids is 1. The van der Waals surface area contributed by atoms with E-state index in [1.165, 1.54) is 16.3 Å². The summed E-state index contributed by atoms with van der Waals surface area (Å²) >= 11 is 1.69. The second-order valence-electron chi connectivity index (χ2n) is 4.60. The Morgan fingerprint density at radius 2 is 1.95 bits per heavy atom. The zero-order chi connectivity index (χ0) is 13.7. The van der Waals surface area contributed by atoms with Crippen LogP contribution >= 0.6 is 11.8 Å². The molecule has 2 nitrogen and oxygen atoms in total. The average Bonchev–Trinajstić information content (AvgIpc) is 2.44. The molecule has 0 radical (unpaired) electrons. The SMILES string of the molecule is CSCCC(=O)NC(C)c1cccc2ccccc12. The first-order valence-corrected chi connectivity index (χ1v) is 7.87. The third-order valence-corrected chi connectivity index (χ3v) is 3.81. The summed E-state index contributed by atoms with van der Waals surface area (Å²) in [5, 5.41) is 5.49. The Morgan fingerprint density at radius 3 is 2.74 bits per heavy atom.